The smallest absolute Gasteiger partial charge is 0.0273 e. The van der Waals surface area contributed by atoms with E-state index in [1.54, 1.807) is 17.0 Å². The van der Waals surface area contributed by atoms with Crippen molar-refractivity contribution in [2.24, 2.45) is 5.41 Å². The van der Waals surface area contributed by atoms with E-state index >= 15 is 0 Å². The molecule has 21 heavy (non-hydrogen) atoms. The third-order valence-corrected chi connectivity index (χ3v) is 4.82. The Morgan fingerprint density at radius 2 is 1.67 bits per heavy atom. The summed E-state index contributed by atoms with van der Waals surface area (Å²) < 4.78 is 0. The maximum absolute atomic E-state index is 2.49. The monoisotopic (exact) mass is 447 g/mol. The number of rotatable bonds is 5. The Morgan fingerprint density at radius 3 is 2.38 bits per heavy atom. The molecule has 111 valence electrons. The summed E-state index contributed by atoms with van der Waals surface area (Å²) in [7, 11) is 0. The molecule has 1 aromatic rings. The second-order valence-electron chi connectivity index (χ2n) is 7.40. The molecule has 0 unspecified atom stereocenters. The Bertz CT molecular complexity index is 525. The van der Waals surface area contributed by atoms with Gasteiger partial charge in [0.15, 0.2) is 0 Å². The zero-order chi connectivity index (χ0) is 14.2. The molecule has 3 rings (SSSR count). The Morgan fingerprint density at radius 1 is 0.952 bits per heavy atom. The van der Waals surface area contributed by atoms with Crippen LogP contribution in [0.2, 0.25) is 0 Å². The molecule has 2 aliphatic carbocycles. The van der Waals surface area contributed by atoms with E-state index < -0.39 is 0 Å². The van der Waals surface area contributed by atoms with Crippen LogP contribution in [0.5, 0.6) is 0 Å². The minimum atomic E-state index is 0. The molecule has 0 N–H and O–H groups in total. The molecule has 0 aliphatic heterocycles. The molecule has 0 bridgehead atoms. The van der Waals surface area contributed by atoms with Gasteiger partial charge in [-0.25, -0.2) is 0 Å². The van der Waals surface area contributed by atoms with E-state index in [-0.39, 0.29) is 25.8 Å². The summed E-state index contributed by atoms with van der Waals surface area (Å²) in [4.78, 5) is 0. The molecule has 0 saturated carbocycles. The van der Waals surface area contributed by atoms with Gasteiger partial charge in [0.25, 0.3) is 0 Å². The largest absolute Gasteiger partial charge is 0.0721 e. The third kappa shape index (κ3) is 3.78. The second kappa shape index (κ2) is 6.94. The number of benzene rings is 1. The Balaban J connectivity index is 0.00000161. The van der Waals surface area contributed by atoms with Crippen LogP contribution in [0.4, 0.5) is 0 Å². The number of hydrogen-bond donors (Lipinski definition) is 0. The van der Waals surface area contributed by atoms with Gasteiger partial charge in [-0.3, -0.25) is 0 Å². The fraction of sp³-hybridized carbons (Fsp3) is 0.550. The van der Waals surface area contributed by atoms with E-state index in [0.29, 0.717) is 5.41 Å². The normalized spacial score (nSPS) is 18.4. The number of fused-ring (bicyclic) bond motifs is 2. The van der Waals surface area contributed by atoms with E-state index in [1.165, 1.54) is 56.1 Å². The van der Waals surface area contributed by atoms with Crippen molar-refractivity contribution in [3.63, 3.8) is 0 Å². The van der Waals surface area contributed by atoms with Gasteiger partial charge in [0.1, 0.15) is 0 Å². The maximum Gasteiger partial charge on any atom is 0.0273 e. The van der Waals surface area contributed by atoms with E-state index in [0.717, 1.165) is 0 Å². The average molecular weight is 446 g/mol. The van der Waals surface area contributed by atoms with Gasteiger partial charge < -0.3 is 0 Å². The molecule has 0 atom stereocenters. The number of unbranched alkanes of at least 4 members (excludes halogenated alkanes) is 3. The van der Waals surface area contributed by atoms with Crippen molar-refractivity contribution < 1.29 is 25.8 Å². The molecule has 0 aromatic heterocycles. The summed E-state index contributed by atoms with van der Waals surface area (Å²) in [6.07, 6.45) is 13.9. The third-order valence-electron chi connectivity index (χ3n) is 4.82. The quantitative estimate of drug-likeness (QED) is 0.401. The van der Waals surface area contributed by atoms with Crippen LogP contribution in [0, 0.1) is 11.3 Å². The van der Waals surface area contributed by atoms with Gasteiger partial charge in [-0.1, -0.05) is 70.7 Å². The van der Waals surface area contributed by atoms with E-state index in [4.69, 9.17) is 0 Å². The molecule has 0 heterocycles. The predicted molar refractivity (Wildman–Crippen MR) is 87.8 cm³/mol. The van der Waals surface area contributed by atoms with E-state index in [9.17, 15) is 0 Å². The summed E-state index contributed by atoms with van der Waals surface area (Å²) in [6.45, 7) is 7.07. The molecule has 0 fully saturated rings. The topological polar surface area (TPSA) is 0 Å². The molecular weight excluding hydrogens is 419 g/mol. The first-order valence-electron chi connectivity index (χ1n) is 8.29. The summed E-state index contributed by atoms with van der Waals surface area (Å²) in [6, 6.07) is 4.95. The van der Waals surface area contributed by atoms with Gasteiger partial charge in [0, 0.05) is 31.8 Å². The SMILES string of the molecule is CCCCCC[C]1C=Cc2cc3c(cc21)CC(C)(C)C3.[Hf]. The van der Waals surface area contributed by atoms with Crippen LogP contribution in [0.3, 0.4) is 0 Å². The van der Waals surface area contributed by atoms with Crippen LogP contribution < -0.4 is 0 Å². The Hall–Kier alpha value is -0.170. The molecule has 0 amide bonds. The van der Waals surface area contributed by atoms with Gasteiger partial charge in [-0.05, 0) is 46.9 Å². The molecule has 0 saturated heterocycles. The van der Waals surface area contributed by atoms with Crippen LogP contribution in [0.25, 0.3) is 6.08 Å². The van der Waals surface area contributed by atoms with Gasteiger partial charge >= 0.3 is 0 Å². The minimum absolute atomic E-state index is 0. The van der Waals surface area contributed by atoms with Crippen molar-refractivity contribution in [1.29, 1.82) is 0 Å². The van der Waals surface area contributed by atoms with Crippen LogP contribution in [-0.4, -0.2) is 0 Å². The minimum Gasteiger partial charge on any atom is -0.0721 e. The Kier molecular flexibility index (Phi) is 5.68. The van der Waals surface area contributed by atoms with Crippen molar-refractivity contribution in [3.05, 3.63) is 46.4 Å². The van der Waals surface area contributed by atoms with Crippen LogP contribution >= 0.6 is 0 Å². The molecule has 2 aliphatic rings. The molecule has 1 heteroatoms. The second-order valence-corrected chi connectivity index (χ2v) is 7.40. The van der Waals surface area contributed by atoms with Crippen molar-refractivity contribution in [2.75, 3.05) is 0 Å². The molecule has 1 radical (unpaired) electrons. The van der Waals surface area contributed by atoms with Gasteiger partial charge in [0.2, 0.25) is 0 Å². The van der Waals surface area contributed by atoms with Crippen LogP contribution in [0.1, 0.15) is 75.1 Å². The number of allylic oxidation sites excluding steroid dienone is 1. The van der Waals surface area contributed by atoms with Gasteiger partial charge in [-0.15, -0.1) is 0 Å². The first-order valence-corrected chi connectivity index (χ1v) is 8.29. The van der Waals surface area contributed by atoms with Crippen LogP contribution in [0.15, 0.2) is 18.2 Å². The van der Waals surface area contributed by atoms with E-state index in [1.807, 2.05) is 0 Å². The zero-order valence-corrected chi connectivity index (χ0v) is 17.4. The fourth-order valence-corrected chi connectivity index (χ4v) is 3.79. The van der Waals surface area contributed by atoms with Gasteiger partial charge in [-0.2, -0.15) is 0 Å². The van der Waals surface area contributed by atoms with Crippen molar-refractivity contribution in [2.45, 2.75) is 65.7 Å². The maximum atomic E-state index is 2.49. The first kappa shape index (κ1) is 17.2. The molecule has 0 spiro atoms. The van der Waals surface area contributed by atoms with Crippen LogP contribution in [-0.2, 0) is 38.7 Å². The van der Waals surface area contributed by atoms with Crippen molar-refractivity contribution >= 4 is 6.08 Å². The summed E-state index contributed by atoms with van der Waals surface area (Å²) in [5.74, 6) is 1.57. The summed E-state index contributed by atoms with van der Waals surface area (Å²) >= 11 is 0. The molecule has 0 nitrogen and oxygen atoms in total. The summed E-state index contributed by atoms with van der Waals surface area (Å²) in [5, 5.41) is 0. The first-order chi connectivity index (χ1) is 9.59. The van der Waals surface area contributed by atoms with Crippen molar-refractivity contribution in [1.82, 2.24) is 0 Å². The molecule has 1 aromatic carbocycles. The Labute approximate surface area is 149 Å². The number of hydrogen-bond acceptors (Lipinski definition) is 0. The van der Waals surface area contributed by atoms with Gasteiger partial charge in [0.05, 0.1) is 0 Å². The average Bonchev–Trinajstić information content (AvgIpc) is 2.90. The fourth-order valence-electron chi connectivity index (χ4n) is 3.79. The van der Waals surface area contributed by atoms with Crippen molar-refractivity contribution in [3.8, 4) is 0 Å². The molecular formula is C20H27Hf. The zero-order valence-electron chi connectivity index (χ0n) is 13.8. The standard InChI is InChI=1S/C20H27.Hf/c1-4-5-6-7-8-15-9-10-16-11-17-13-20(2,3)14-18(17)12-19(15)16;/h9-12H,4-8,13-14H2,1-3H3;. The van der Waals surface area contributed by atoms with E-state index in [2.05, 4.69) is 45.1 Å². The summed E-state index contributed by atoms with van der Waals surface area (Å²) in [5.41, 5.74) is 6.64. The predicted octanol–water partition coefficient (Wildman–Crippen LogP) is 5.73.